The van der Waals surface area contributed by atoms with Crippen LogP contribution in [0.25, 0.3) is 0 Å². The molecule has 3 rings (SSSR count). The number of hydrogen-bond donors (Lipinski definition) is 2. The van der Waals surface area contributed by atoms with Crippen LogP contribution in [0.1, 0.15) is 69.9 Å². The van der Waals surface area contributed by atoms with Gasteiger partial charge in [0.05, 0.1) is 11.1 Å². The molecule has 0 unspecified atom stereocenters. The van der Waals surface area contributed by atoms with Crippen LogP contribution in [0.15, 0.2) is 48.5 Å². The fourth-order valence-corrected chi connectivity index (χ4v) is 3.87. The fraction of sp³-hybridized carbons (Fsp3) is 0.333. The SMILES string of the molecule is O=C(O)c1ccc(C(c2ccc(C(=O)O)cc2)C2CCCCC2)cc1. The van der Waals surface area contributed by atoms with Crippen molar-refractivity contribution in [2.24, 2.45) is 5.92 Å². The summed E-state index contributed by atoms with van der Waals surface area (Å²) in [6, 6.07) is 14.2. The van der Waals surface area contributed by atoms with E-state index in [0.717, 1.165) is 24.0 Å². The van der Waals surface area contributed by atoms with Crippen LogP contribution < -0.4 is 0 Å². The van der Waals surface area contributed by atoms with Crippen molar-refractivity contribution in [2.75, 3.05) is 0 Å². The van der Waals surface area contributed by atoms with Crippen LogP contribution in [0.3, 0.4) is 0 Å². The first-order valence-electron chi connectivity index (χ1n) is 8.73. The zero-order chi connectivity index (χ0) is 17.8. The molecule has 0 spiro atoms. The minimum absolute atomic E-state index is 0.172. The fourth-order valence-electron chi connectivity index (χ4n) is 3.87. The van der Waals surface area contributed by atoms with Crippen LogP contribution in [0, 0.1) is 5.92 Å². The Kier molecular flexibility index (Phi) is 5.17. The summed E-state index contributed by atoms with van der Waals surface area (Å²) in [5, 5.41) is 18.2. The van der Waals surface area contributed by atoms with Gasteiger partial charge in [-0.15, -0.1) is 0 Å². The maximum absolute atomic E-state index is 11.1. The number of carbonyl (C=O) groups is 2. The number of benzene rings is 2. The Hall–Kier alpha value is -2.62. The first-order chi connectivity index (χ1) is 12.1. The molecule has 0 bridgehead atoms. The Morgan fingerprint density at radius 1 is 0.720 bits per heavy atom. The molecular formula is C21H22O4. The number of aromatic carboxylic acids is 2. The predicted molar refractivity (Wildman–Crippen MR) is 95.2 cm³/mol. The third kappa shape index (κ3) is 3.90. The summed E-state index contributed by atoms with van der Waals surface area (Å²) in [6.45, 7) is 0. The second-order valence-electron chi connectivity index (χ2n) is 6.73. The Balaban J connectivity index is 1.96. The number of carboxylic acids is 2. The van der Waals surface area contributed by atoms with Crippen molar-refractivity contribution in [3.63, 3.8) is 0 Å². The Morgan fingerprint density at radius 2 is 1.12 bits per heavy atom. The summed E-state index contributed by atoms with van der Waals surface area (Å²) in [5.74, 6) is -1.18. The molecule has 4 nitrogen and oxygen atoms in total. The smallest absolute Gasteiger partial charge is 0.335 e. The number of rotatable bonds is 5. The molecule has 0 saturated heterocycles. The second-order valence-corrected chi connectivity index (χ2v) is 6.73. The number of carboxylic acid groups (broad SMARTS) is 2. The zero-order valence-electron chi connectivity index (χ0n) is 14.0. The Labute approximate surface area is 147 Å². The highest BCUT2D eigenvalue weighted by molar-refractivity contribution is 5.88. The lowest BCUT2D eigenvalue weighted by Gasteiger charge is -2.31. The van der Waals surface area contributed by atoms with Crippen molar-refractivity contribution in [2.45, 2.75) is 38.0 Å². The van der Waals surface area contributed by atoms with Crippen molar-refractivity contribution >= 4 is 11.9 Å². The molecule has 4 heteroatoms. The summed E-state index contributed by atoms with van der Waals surface area (Å²) < 4.78 is 0. The molecule has 25 heavy (non-hydrogen) atoms. The molecule has 0 amide bonds. The summed E-state index contributed by atoms with van der Waals surface area (Å²) in [7, 11) is 0. The van der Waals surface area contributed by atoms with Gasteiger partial charge in [0.2, 0.25) is 0 Å². The van der Waals surface area contributed by atoms with E-state index in [-0.39, 0.29) is 17.0 Å². The number of hydrogen-bond acceptors (Lipinski definition) is 2. The van der Waals surface area contributed by atoms with Crippen molar-refractivity contribution in [1.82, 2.24) is 0 Å². The highest BCUT2D eigenvalue weighted by atomic mass is 16.4. The van der Waals surface area contributed by atoms with E-state index in [2.05, 4.69) is 0 Å². The van der Waals surface area contributed by atoms with Crippen molar-refractivity contribution in [1.29, 1.82) is 0 Å². The van der Waals surface area contributed by atoms with E-state index in [1.165, 1.54) is 19.3 Å². The van der Waals surface area contributed by atoms with Crippen LogP contribution >= 0.6 is 0 Å². The lowest BCUT2D eigenvalue weighted by Crippen LogP contribution is -2.18. The van der Waals surface area contributed by atoms with Gasteiger partial charge in [0.15, 0.2) is 0 Å². The topological polar surface area (TPSA) is 74.6 Å². The zero-order valence-corrected chi connectivity index (χ0v) is 14.0. The highest BCUT2D eigenvalue weighted by Gasteiger charge is 2.27. The first-order valence-corrected chi connectivity index (χ1v) is 8.73. The van der Waals surface area contributed by atoms with Gasteiger partial charge < -0.3 is 10.2 Å². The van der Waals surface area contributed by atoms with Gasteiger partial charge in [-0.2, -0.15) is 0 Å². The molecule has 1 aliphatic rings. The van der Waals surface area contributed by atoms with Gasteiger partial charge in [-0.05, 0) is 54.2 Å². The molecule has 2 N–H and O–H groups in total. The van der Waals surface area contributed by atoms with Gasteiger partial charge in [-0.25, -0.2) is 9.59 Å². The van der Waals surface area contributed by atoms with E-state index < -0.39 is 11.9 Å². The van der Waals surface area contributed by atoms with Crippen LogP contribution in [0.2, 0.25) is 0 Å². The molecular weight excluding hydrogens is 316 g/mol. The van der Waals surface area contributed by atoms with E-state index in [1.807, 2.05) is 24.3 Å². The van der Waals surface area contributed by atoms with E-state index in [9.17, 15) is 9.59 Å². The van der Waals surface area contributed by atoms with Crippen molar-refractivity contribution < 1.29 is 19.8 Å². The highest BCUT2D eigenvalue weighted by Crippen LogP contribution is 2.40. The maximum Gasteiger partial charge on any atom is 0.335 e. The first kappa shape index (κ1) is 17.2. The van der Waals surface area contributed by atoms with Crippen molar-refractivity contribution in [3.05, 3.63) is 70.8 Å². The molecule has 1 aliphatic carbocycles. The van der Waals surface area contributed by atoms with Gasteiger partial charge in [0, 0.05) is 5.92 Å². The van der Waals surface area contributed by atoms with Crippen molar-refractivity contribution in [3.8, 4) is 0 Å². The summed E-state index contributed by atoms with van der Waals surface area (Å²) in [4.78, 5) is 22.2. The standard InChI is InChI=1S/C21H22O4/c22-20(23)17-10-6-15(7-11-17)19(14-4-2-1-3-5-14)16-8-12-18(13-9-16)21(24)25/h6-14,19H,1-5H2,(H,22,23)(H,24,25). The maximum atomic E-state index is 11.1. The summed E-state index contributed by atoms with van der Waals surface area (Å²) in [6.07, 6.45) is 5.97. The summed E-state index contributed by atoms with van der Waals surface area (Å²) in [5.41, 5.74) is 2.76. The minimum Gasteiger partial charge on any atom is -0.478 e. The van der Waals surface area contributed by atoms with Gasteiger partial charge in [0.1, 0.15) is 0 Å². The molecule has 0 atom stereocenters. The van der Waals surface area contributed by atoms with Crippen LogP contribution in [-0.2, 0) is 0 Å². The molecule has 1 fully saturated rings. The lowest BCUT2D eigenvalue weighted by atomic mass is 9.73. The predicted octanol–water partition coefficient (Wildman–Crippen LogP) is 4.80. The molecule has 0 aromatic heterocycles. The average Bonchev–Trinajstić information content (AvgIpc) is 2.64. The monoisotopic (exact) mass is 338 g/mol. The molecule has 2 aromatic carbocycles. The molecule has 0 aliphatic heterocycles. The van der Waals surface area contributed by atoms with E-state index in [0.29, 0.717) is 5.92 Å². The molecule has 1 saturated carbocycles. The van der Waals surface area contributed by atoms with Crippen LogP contribution in [0.4, 0.5) is 0 Å². The van der Waals surface area contributed by atoms with Gasteiger partial charge in [-0.3, -0.25) is 0 Å². The lowest BCUT2D eigenvalue weighted by molar-refractivity contribution is 0.0686. The van der Waals surface area contributed by atoms with E-state index in [4.69, 9.17) is 10.2 Å². The molecule has 0 radical (unpaired) electrons. The van der Waals surface area contributed by atoms with Gasteiger partial charge >= 0.3 is 11.9 Å². The Bertz CT molecular complexity index is 683. The molecule has 130 valence electrons. The normalized spacial score (nSPS) is 15.2. The Morgan fingerprint density at radius 3 is 1.48 bits per heavy atom. The van der Waals surface area contributed by atoms with Gasteiger partial charge in [0.25, 0.3) is 0 Å². The largest absolute Gasteiger partial charge is 0.478 e. The third-order valence-electron chi connectivity index (χ3n) is 5.15. The molecule has 2 aromatic rings. The second kappa shape index (κ2) is 7.51. The average molecular weight is 338 g/mol. The van der Waals surface area contributed by atoms with Gasteiger partial charge in [-0.1, -0.05) is 43.5 Å². The third-order valence-corrected chi connectivity index (χ3v) is 5.15. The summed E-state index contributed by atoms with van der Waals surface area (Å²) >= 11 is 0. The molecule has 0 heterocycles. The minimum atomic E-state index is -0.924. The quantitative estimate of drug-likeness (QED) is 0.821. The van der Waals surface area contributed by atoms with Crippen LogP contribution in [-0.4, -0.2) is 22.2 Å². The van der Waals surface area contributed by atoms with E-state index in [1.54, 1.807) is 24.3 Å². The van der Waals surface area contributed by atoms with Crippen LogP contribution in [0.5, 0.6) is 0 Å². The van der Waals surface area contributed by atoms with E-state index >= 15 is 0 Å².